The first-order valence-electron chi connectivity index (χ1n) is 9.27. The van der Waals surface area contributed by atoms with Gasteiger partial charge in [-0.25, -0.2) is 0 Å². The van der Waals surface area contributed by atoms with E-state index in [-0.39, 0.29) is 30.4 Å². The summed E-state index contributed by atoms with van der Waals surface area (Å²) in [4.78, 5) is 26.5. The van der Waals surface area contributed by atoms with Crippen LogP contribution in [-0.2, 0) is 22.5 Å². The van der Waals surface area contributed by atoms with Gasteiger partial charge in [0.25, 0.3) is 0 Å². The number of methoxy groups -OCH3 is 1. The average Bonchev–Trinajstić information content (AvgIpc) is 3.16. The monoisotopic (exact) mass is 380 g/mol. The van der Waals surface area contributed by atoms with Crippen molar-refractivity contribution >= 4 is 11.6 Å². The second-order valence-corrected chi connectivity index (χ2v) is 7.88. The zero-order chi connectivity index (χ0) is 19.8. The number of hydrogen-bond acceptors (Lipinski definition) is 6. The molecular formula is C22H20O6. The number of rotatable bonds is 2. The minimum absolute atomic E-state index is 0.188. The van der Waals surface area contributed by atoms with Gasteiger partial charge in [-0.3, -0.25) is 9.59 Å². The Kier molecular flexibility index (Phi) is 3.59. The number of fused-ring (bicyclic) bond motifs is 6. The van der Waals surface area contributed by atoms with E-state index in [1.54, 1.807) is 24.3 Å². The molecule has 2 atom stereocenters. The number of ether oxygens (including phenoxy) is 3. The number of hydrogen-bond donors (Lipinski definition) is 1. The van der Waals surface area contributed by atoms with E-state index in [9.17, 15) is 14.7 Å². The van der Waals surface area contributed by atoms with Crippen LogP contribution in [0.3, 0.4) is 0 Å². The van der Waals surface area contributed by atoms with Gasteiger partial charge in [-0.1, -0.05) is 0 Å². The van der Waals surface area contributed by atoms with E-state index >= 15 is 0 Å². The van der Waals surface area contributed by atoms with E-state index in [0.29, 0.717) is 40.0 Å². The molecule has 0 aromatic heterocycles. The van der Waals surface area contributed by atoms with Crippen molar-refractivity contribution in [3.63, 3.8) is 0 Å². The van der Waals surface area contributed by atoms with Crippen molar-refractivity contribution in [1.82, 2.24) is 0 Å². The van der Waals surface area contributed by atoms with Crippen LogP contribution in [0.25, 0.3) is 0 Å². The molecular weight excluding hydrogens is 360 g/mol. The predicted molar refractivity (Wildman–Crippen MR) is 98.7 cm³/mol. The van der Waals surface area contributed by atoms with Gasteiger partial charge in [0.05, 0.1) is 19.8 Å². The molecule has 0 bridgehead atoms. The van der Waals surface area contributed by atoms with Gasteiger partial charge in [0.2, 0.25) is 0 Å². The summed E-state index contributed by atoms with van der Waals surface area (Å²) >= 11 is 0. The maximum atomic E-state index is 13.3. The summed E-state index contributed by atoms with van der Waals surface area (Å²) < 4.78 is 17.2. The average molecular weight is 380 g/mol. The molecule has 28 heavy (non-hydrogen) atoms. The summed E-state index contributed by atoms with van der Waals surface area (Å²) in [6.07, 6.45) is -0.107. The normalized spacial score (nSPS) is 23.9. The van der Waals surface area contributed by atoms with Gasteiger partial charge in [-0.2, -0.15) is 0 Å². The van der Waals surface area contributed by atoms with Crippen molar-refractivity contribution in [2.75, 3.05) is 7.11 Å². The molecule has 2 aliphatic carbocycles. The molecule has 0 spiro atoms. The van der Waals surface area contributed by atoms with E-state index < -0.39 is 5.79 Å². The number of benzene rings is 2. The minimum atomic E-state index is -0.724. The lowest BCUT2D eigenvalue weighted by Gasteiger charge is -2.25. The lowest BCUT2D eigenvalue weighted by atomic mass is 9.79. The molecule has 6 heteroatoms. The van der Waals surface area contributed by atoms with Gasteiger partial charge >= 0.3 is 0 Å². The van der Waals surface area contributed by atoms with Gasteiger partial charge in [0.1, 0.15) is 11.9 Å². The Labute approximate surface area is 162 Å². The zero-order valence-corrected chi connectivity index (χ0v) is 15.9. The molecule has 6 nitrogen and oxygen atoms in total. The van der Waals surface area contributed by atoms with Gasteiger partial charge in [0, 0.05) is 28.7 Å². The van der Waals surface area contributed by atoms with Crippen molar-refractivity contribution in [2.24, 2.45) is 0 Å². The van der Waals surface area contributed by atoms with Crippen molar-refractivity contribution < 1.29 is 28.9 Å². The Bertz CT molecular complexity index is 1050. The largest absolute Gasteiger partial charge is 0.497 e. The molecule has 1 saturated heterocycles. The third-order valence-electron chi connectivity index (χ3n) is 5.79. The van der Waals surface area contributed by atoms with Crippen LogP contribution in [0.2, 0.25) is 0 Å². The van der Waals surface area contributed by atoms with Crippen molar-refractivity contribution in [1.29, 1.82) is 0 Å². The van der Waals surface area contributed by atoms with Crippen molar-refractivity contribution in [3.05, 3.63) is 63.2 Å². The van der Waals surface area contributed by atoms with Crippen LogP contribution in [0.5, 0.6) is 5.75 Å². The zero-order valence-electron chi connectivity index (χ0n) is 15.9. The van der Waals surface area contributed by atoms with E-state index in [2.05, 4.69) is 0 Å². The van der Waals surface area contributed by atoms with E-state index in [1.807, 2.05) is 13.8 Å². The predicted octanol–water partition coefficient (Wildman–Crippen LogP) is 2.71. The Morgan fingerprint density at radius 2 is 1.89 bits per heavy atom. The summed E-state index contributed by atoms with van der Waals surface area (Å²) in [5.41, 5.74) is 3.59. The molecule has 3 aliphatic rings. The molecule has 1 N–H and O–H groups in total. The molecule has 2 unspecified atom stereocenters. The van der Waals surface area contributed by atoms with E-state index in [0.717, 1.165) is 11.1 Å². The number of carbonyl (C=O) groups excluding carboxylic acids is 2. The SMILES string of the molecule is COc1ccc2c(c1)C(=O)c1cc(CO)c3c(c1C2=O)CC1OC(C)(C)OC31. The van der Waals surface area contributed by atoms with E-state index in [1.165, 1.54) is 7.11 Å². The fourth-order valence-electron chi connectivity index (χ4n) is 4.70. The van der Waals surface area contributed by atoms with Crippen LogP contribution in [0, 0.1) is 0 Å². The first kappa shape index (κ1) is 17.6. The molecule has 5 rings (SSSR count). The topological polar surface area (TPSA) is 82.1 Å². The van der Waals surface area contributed by atoms with Crippen LogP contribution < -0.4 is 4.74 Å². The summed E-state index contributed by atoms with van der Waals surface area (Å²) in [6.45, 7) is 3.45. The summed E-state index contributed by atoms with van der Waals surface area (Å²) in [6, 6.07) is 6.54. The smallest absolute Gasteiger partial charge is 0.194 e. The lowest BCUT2D eigenvalue weighted by molar-refractivity contribution is -0.148. The first-order valence-corrected chi connectivity index (χ1v) is 9.27. The molecule has 2 aromatic rings. The number of aliphatic hydroxyl groups is 1. The van der Waals surface area contributed by atoms with Gasteiger partial charge < -0.3 is 19.3 Å². The number of carbonyl (C=O) groups is 2. The molecule has 0 amide bonds. The second-order valence-electron chi connectivity index (χ2n) is 7.88. The highest BCUT2D eigenvalue weighted by Crippen LogP contribution is 2.50. The third-order valence-corrected chi connectivity index (χ3v) is 5.79. The quantitative estimate of drug-likeness (QED) is 0.736. The maximum absolute atomic E-state index is 13.3. The van der Waals surface area contributed by atoms with Crippen LogP contribution in [0.4, 0.5) is 0 Å². The molecule has 0 radical (unpaired) electrons. The summed E-state index contributed by atoms with van der Waals surface area (Å²) in [7, 11) is 1.52. The summed E-state index contributed by atoms with van der Waals surface area (Å²) in [5.74, 6) is -0.628. The molecule has 1 aliphatic heterocycles. The van der Waals surface area contributed by atoms with Crippen LogP contribution in [-0.4, -0.2) is 35.7 Å². The molecule has 144 valence electrons. The fraction of sp³-hybridized carbons (Fsp3) is 0.364. The Morgan fingerprint density at radius 3 is 2.61 bits per heavy atom. The Hall–Kier alpha value is -2.54. The molecule has 2 aromatic carbocycles. The highest BCUT2D eigenvalue weighted by molar-refractivity contribution is 6.29. The number of ketones is 2. The van der Waals surface area contributed by atoms with Crippen molar-refractivity contribution in [2.45, 2.75) is 44.9 Å². The van der Waals surface area contributed by atoms with Crippen molar-refractivity contribution in [3.8, 4) is 5.75 Å². The van der Waals surface area contributed by atoms with Gasteiger partial charge in [-0.15, -0.1) is 0 Å². The first-order chi connectivity index (χ1) is 13.3. The summed E-state index contributed by atoms with van der Waals surface area (Å²) in [5, 5.41) is 9.97. The third kappa shape index (κ3) is 2.25. The molecule has 1 fully saturated rings. The second kappa shape index (κ2) is 5.73. The van der Waals surface area contributed by atoms with Gasteiger partial charge in [-0.05, 0) is 54.8 Å². The highest BCUT2D eigenvalue weighted by Gasteiger charge is 2.50. The fourth-order valence-corrected chi connectivity index (χ4v) is 4.70. The van der Waals surface area contributed by atoms with Crippen LogP contribution >= 0.6 is 0 Å². The molecule has 0 saturated carbocycles. The standard InChI is InChI=1S/C22H20O6/c1-22(2)27-16-8-14-17(21(16)28-22)10(9-23)6-15-18(14)20(25)12-5-4-11(26-3)7-13(12)19(15)24/h4-7,16,21,23H,8-9H2,1-3H3. The number of aliphatic hydroxyl groups excluding tert-OH is 1. The van der Waals surface area contributed by atoms with Gasteiger partial charge in [0.15, 0.2) is 17.4 Å². The van der Waals surface area contributed by atoms with Crippen LogP contribution in [0.15, 0.2) is 24.3 Å². The van der Waals surface area contributed by atoms with E-state index in [4.69, 9.17) is 14.2 Å². The maximum Gasteiger partial charge on any atom is 0.194 e. The minimum Gasteiger partial charge on any atom is -0.497 e. The Morgan fingerprint density at radius 1 is 1.11 bits per heavy atom. The molecule has 1 heterocycles. The van der Waals surface area contributed by atoms with Crippen LogP contribution in [0.1, 0.15) is 68.5 Å². The Balaban J connectivity index is 1.72. The highest BCUT2D eigenvalue weighted by atomic mass is 16.8. The lowest BCUT2D eigenvalue weighted by Crippen LogP contribution is -2.26.